The molecule has 0 aliphatic rings. The summed E-state index contributed by atoms with van der Waals surface area (Å²) in [7, 11) is 1.61. The number of carboxylic acid groups (broad SMARTS) is 1. The molecule has 4 rings (SSSR count). The molecule has 0 saturated carbocycles. The lowest BCUT2D eigenvalue weighted by Gasteiger charge is -2.12. The van der Waals surface area contributed by atoms with E-state index in [9.17, 15) is 9.90 Å². The van der Waals surface area contributed by atoms with Crippen molar-refractivity contribution in [3.63, 3.8) is 0 Å². The SMILES string of the molecule is COc1cc2ccccc2c2c1cc(C(=O)O)n2Cc1ccccc1. The molecule has 0 bridgehead atoms. The Morgan fingerprint density at radius 2 is 1.72 bits per heavy atom. The maximum Gasteiger partial charge on any atom is 0.352 e. The highest BCUT2D eigenvalue weighted by Gasteiger charge is 2.19. The van der Waals surface area contributed by atoms with Crippen molar-refractivity contribution in [3.05, 3.63) is 78.0 Å². The third-order valence-electron chi connectivity index (χ3n) is 4.49. The number of fused-ring (bicyclic) bond motifs is 3. The van der Waals surface area contributed by atoms with Crippen molar-refractivity contribution in [2.75, 3.05) is 7.11 Å². The molecule has 1 heterocycles. The van der Waals surface area contributed by atoms with Gasteiger partial charge in [0.15, 0.2) is 0 Å². The van der Waals surface area contributed by atoms with Gasteiger partial charge in [-0.1, -0.05) is 54.6 Å². The van der Waals surface area contributed by atoms with E-state index in [0.717, 1.165) is 27.2 Å². The van der Waals surface area contributed by atoms with Crippen LogP contribution < -0.4 is 4.74 Å². The van der Waals surface area contributed by atoms with E-state index >= 15 is 0 Å². The second-order valence-corrected chi connectivity index (χ2v) is 5.97. The largest absolute Gasteiger partial charge is 0.496 e. The summed E-state index contributed by atoms with van der Waals surface area (Å²) >= 11 is 0. The number of nitrogens with zero attached hydrogens (tertiary/aromatic N) is 1. The normalized spacial score (nSPS) is 11.1. The van der Waals surface area contributed by atoms with Gasteiger partial charge in [0.05, 0.1) is 12.6 Å². The predicted molar refractivity (Wildman–Crippen MR) is 98.5 cm³/mol. The van der Waals surface area contributed by atoms with Crippen LogP contribution in [0, 0.1) is 0 Å². The van der Waals surface area contributed by atoms with Gasteiger partial charge in [-0.25, -0.2) is 4.79 Å². The molecular weight excluding hydrogens is 314 g/mol. The molecule has 0 aliphatic carbocycles. The number of ether oxygens (including phenoxy) is 1. The number of benzene rings is 3. The van der Waals surface area contributed by atoms with E-state index in [0.29, 0.717) is 12.3 Å². The van der Waals surface area contributed by atoms with Crippen molar-refractivity contribution < 1.29 is 14.6 Å². The molecule has 0 saturated heterocycles. The van der Waals surface area contributed by atoms with E-state index in [1.165, 1.54) is 0 Å². The van der Waals surface area contributed by atoms with E-state index in [-0.39, 0.29) is 5.69 Å². The highest BCUT2D eigenvalue weighted by atomic mass is 16.5. The smallest absolute Gasteiger partial charge is 0.352 e. The standard InChI is InChI=1S/C21H17NO3/c1-25-19-11-15-9-5-6-10-16(15)20-17(19)12-18(21(23)24)22(20)13-14-7-3-2-4-8-14/h2-12H,13H2,1H3,(H,23,24). The Hall–Kier alpha value is -3.27. The van der Waals surface area contributed by atoms with E-state index < -0.39 is 5.97 Å². The summed E-state index contributed by atoms with van der Waals surface area (Å²) in [6.07, 6.45) is 0. The average Bonchev–Trinajstić information content (AvgIpc) is 3.02. The first-order chi connectivity index (χ1) is 12.2. The van der Waals surface area contributed by atoms with Gasteiger partial charge in [-0.3, -0.25) is 0 Å². The number of carboxylic acids is 1. The molecule has 1 aromatic heterocycles. The fraction of sp³-hybridized carbons (Fsp3) is 0.0952. The second kappa shape index (κ2) is 5.98. The Morgan fingerprint density at radius 3 is 2.44 bits per heavy atom. The molecule has 124 valence electrons. The molecule has 0 radical (unpaired) electrons. The summed E-state index contributed by atoms with van der Waals surface area (Å²) < 4.78 is 7.39. The van der Waals surface area contributed by atoms with Crippen molar-refractivity contribution in [2.45, 2.75) is 6.54 Å². The lowest BCUT2D eigenvalue weighted by atomic mass is 10.1. The van der Waals surface area contributed by atoms with Crippen molar-refractivity contribution in [1.29, 1.82) is 0 Å². The van der Waals surface area contributed by atoms with Gasteiger partial charge in [0, 0.05) is 17.3 Å². The molecule has 25 heavy (non-hydrogen) atoms. The van der Waals surface area contributed by atoms with E-state index in [2.05, 4.69) is 0 Å². The van der Waals surface area contributed by atoms with E-state index in [1.54, 1.807) is 13.2 Å². The molecule has 3 aromatic carbocycles. The van der Waals surface area contributed by atoms with Crippen LogP contribution in [0.3, 0.4) is 0 Å². The van der Waals surface area contributed by atoms with Crippen LogP contribution in [0.25, 0.3) is 21.7 Å². The zero-order valence-electron chi connectivity index (χ0n) is 13.8. The third-order valence-corrected chi connectivity index (χ3v) is 4.49. The predicted octanol–water partition coefficient (Wildman–Crippen LogP) is 4.55. The Morgan fingerprint density at radius 1 is 1.00 bits per heavy atom. The molecule has 0 atom stereocenters. The minimum atomic E-state index is -0.946. The molecule has 0 amide bonds. The highest BCUT2D eigenvalue weighted by Crippen LogP contribution is 2.36. The number of aromatic nitrogens is 1. The lowest BCUT2D eigenvalue weighted by molar-refractivity contribution is 0.0686. The maximum atomic E-state index is 11.9. The molecule has 4 aromatic rings. The molecule has 1 N–H and O–H groups in total. The van der Waals surface area contributed by atoms with Gasteiger partial charge >= 0.3 is 5.97 Å². The van der Waals surface area contributed by atoms with Crippen molar-refractivity contribution >= 4 is 27.6 Å². The van der Waals surface area contributed by atoms with Gasteiger partial charge in [0.1, 0.15) is 11.4 Å². The Bertz CT molecular complexity index is 1080. The number of hydrogen-bond acceptors (Lipinski definition) is 2. The van der Waals surface area contributed by atoms with Crippen LogP contribution in [0.1, 0.15) is 16.1 Å². The van der Waals surface area contributed by atoms with Crippen LogP contribution >= 0.6 is 0 Å². The Kier molecular flexibility index (Phi) is 3.65. The number of carbonyl (C=O) groups is 1. The molecule has 0 aliphatic heterocycles. The zero-order valence-corrected chi connectivity index (χ0v) is 13.8. The summed E-state index contributed by atoms with van der Waals surface area (Å²) in [5.41, 5.74) is 2.19. The average molecular weight is 331 g/mol. The first-order valence-electron chi connectivity index (χ1n) is 8.05. The van der Waals surface area contributed by atoms with Gasteiger partial charge in [0.2, 0.25) is 0 Å². The summed E-state index contributed by atoms with van der Waals surface area (Å²) in [5.74, 6) is -0.263. The summed E-state index contributed by atoms with van der Waals surface area (Å²) in [5, 5.41) is 12.6. The fourth-order valence-corrected chi connectivity index (χ4v) is 3.36. The third kappa shape index (κ3) is 2.52. The first-order valence-corrected chi connectivity index (χ1v) is 8.05. The van der Waals surface area contributed by atoms with Gasteiger partial charge in [-0.05, 0) is 23.1 Å². The Labute approximate surface area is 144 Å². The van der Waals surface area contributed by atoms with Crippen LogP contribution in [0.4, 0.5) is 0 Å². The summed E-state index contributed by atoms with van der Waals surface area (Å²) in [6, 6.07) is 21.5. The molecule has 0 unspecified atom stereocenters. The van der Waals surface area contributed by atoms with Gasteiger partial charge in [0.25, 0.3) is 0 Å². The Balaban J connectivity index is 2.09. The molecule has 4 nitrogen and oxygen atoms in total. The summed E-state index contributed by atoms with van der Waals surface area (Å²) in [6.45, 7) is 0.489. The number of hydrogen-bond donors (Lipinski definition) is 1. The van der Waals surface area contributed by atoms with Crippen LogP contribution in [-0.2, 0) is 6.54 Å². The highest BCUT2D eigenvalue weighted by molar-refractivity contribution is 6.11. The first kappa shape index (κ1) is 15.3. The monoisotopic (exact) mass is 331 g/mol. The van der Waals surface area contributed by atoms with E-state index in [1.807, 2.05) is 65.2 Å². The molecule has 0 spiro atoms. The number of aromatic carboxylic acids is 1. The van der Waals surface area contributed by atoms with Crippen molar-refractivity contribution in [2.24, 2.45) is 0 Å². The molecular formula is C21H17NO3. The lowest BCUT2D eigenvalue weighted by Crippen LogP contribution is -2.09. The van der Waals surface area contributed by atoms with Gasteiger partial charge in [-0.2, -0.15) is 0 Å². The van der Waals surface area contributed by atoms with Crippen LogP contribution in [0.15, 0.2) is 66.7 Å². The fourth-order valence-electron chi connectivity index (χ4n) is 3.36. The van der Waals surface area contributed by atoms with Crippen molar-refractivity contribution in [1.82, 2.24) is 4.57 Å². The quantitative estimate of drug-likeness (QED) is 0.597. The van der Waals surface area contributed by atoms with Gasteiger partial charge < -0.3 is 14.4 Å². The maximum absolute atomic E-state index is 11.9. The minimum Gasteiger partial charge on any atom is -0.496 e. The van der Waals surface area contributed by atoms with E-state index in [4.69, 9.17) is 4.74 Å². The van der Waals surface area contributed by atoms with Crippen LogP contribution in [0.5, 0.6) is 5.75 Å². The van der Waals surface area contributed by atoms with Crippen LogP contribution in [-0.4, -0.2) is 22.8 Å². The van der Waals surface area contributed by atoms with Gasteiger partial charge in [-0.15, -0.1) is 0 Å². The molecule has 0 fully saturated rings. The molecule has 4 heteroatoms. The summed E-state index contributed by atoms with van der Waals surface area (Å²) in [4.78, 5) is 11.9. The topological polar surface area (TPSA) is 51.5 Å². The number of rotatable bonds is 4. The minimum absolute atomic E-state index is 0.258. The second-order valence-electron chi connectivity index (χ2n) is 5.97. The zero-order chi connectivity index (χ0) is 17.4. The number of methoxy groups -OCH3 is 1. The van der Waals surface area contributed by atoms with Crippen LogP contribution in [0.2, 0.25) is 0 Å². The van der Waals surface area contributed by atoms with Crippen molar-refractivity contribution in [3.8, 4) is 5.75 Å².